The maximum absolute atomic E-state index is 12.4. The maximum Gasteiger partial charge on any atom is 0.285 e. The van der Waals surface area contributed by atoms with Gasteiger partial charge in [-0.05, 0) is 36.4 Å². The molecule has 2 aromatic carbocycles. The van der Waals surface area contributed by atoms with Crippen LogP contribution in [0.1, 0.15) is 0 Å². The molecule has 0 amide bonds. The number of rotatable bonds is 4. The second-order valence-corrected chi connectivity index (χ2v) is 7.11. The second-order valence-electron chi connectivity index (χ2n) is 4.63. The first-order chi connectivity index (χ1) is 11.1. The molecular formula is C16H14N2O3S2. The minimum Gasteiger partial charge on any atom is -0.497 e. The summed E-state index contributed by atoms with van der Waals surface area (Å²) in [7, 11) is -2.14. The van der Waals surface area contributed by atoms with Crippen LogP contribution in [-0.4, -0.2) is 20.1 Å². The maximum atomic E-state index is 12.4. The summed E-state index contributed by atoms with van der Waals surface area (Å²) in [6.07, 6.45) is 1.78. The van der Waals surface area contributed by atoms with Crippen molar-refractivity contribution in [2.45, 2.75) is 4.90 Å². The highest BCUT2D eigenvalue weighted by Crippen LogP contribution is 2.15. The van der Waals surface area contributed by atoms with Crippen LogP contribution in [0.3, 0.4) is 0 Å². The van der Waals surface area contributed by atoms with Crippen LogP contribution in [0.2, 0.25) is 0 Å². The molecule has 0 aliphatic carbocycles. The number of sulfonamides is 1. The van der Waals surface area contributed by atoms with Crippen molar-refractivity contribution in [1.29, 1.82) is 0 Å². The molecule has 7 heteroatoms. The van der Waals surface area contributed by atoms with Crippen LogP contribution >= 0.6 is 11.3 Å². The van der Waals surface area contributed by atoms with E-state index in [0.717, 1.165) is 11.4 Å². The average molecular weight is 346 g/mol. The fourth-order valence-corrected chi connectivity index (χ4v) is 3.98. The van der Waals surface area contributed by atoms with Crippen LogP contribution in [-0.2, 0) is 10.0 Å². The lowest BCUT2D eigenvalue weighted by Gasteiger charge is -2.04. The first-order valence-corrected chi connectivity index (χ1v) is 9.09. The standard InChI is InChI=1S/C16H14N2O3S2/c1-21-14-9-7-13(8-10-14)18-11-12-22-16(18)17-23(19,20)15-5-3-2-4-6-15/h2-12H,1H3/b17-16-. The van der Waals surface area contributed by atoms with Gasteiger partial charge >= 0.3 is 0 Å². The van der Waals surface area contributed by atoms with E-state index in [-0.39, 0.29) is 4.90 Å². The van der Waals surface area contributed by atoms with E-state index in [1.54, 1.807) is 41.5 Å². The molecule has 0 aliphatic rings. The van der Waals surface area contributed by atoms with Crippen LogP contribution < -0.4 is 9.54 Å². The van der Waals surface area contributed by atoms with Gasteiger partial charge in [-0.15, -0.1) is 15.7 Å². The molecule has 0 bridgehead atoms. The van der Waals surface area contributed by atoms with Gasteiger partial charge in [-0.3, -0.25) is 4.57 Å². The quantitative estimate of drug-likeness (QED) is 0.730. The Morgan fingerprint density at radius 3 is 2.39 bits per heavy atom. The zero-order valence-electron chi connectivity index (χ0n) is 12.3. The number of methoxy groups -OCH3 is 1. The van der Waals surface area contributed by atoms with E-state index in [1.807, 2.05) is 24.3 Å². The smallest absolute Gasteiger partial charge is 0.285 e. The van der Waals surface area contributed by atoms with Crippen LogP contribution in [0.25, 0.3) is 5.69 Å². The summed E-state index contributed by atoms with van der Waals surface area (Å²) in [5.74, 6) is 0.736. The van der Waals surface area contributed by atoms with Crippen molar-refractivity contribution < 1.29 is 13.2 Å². The van der Waals surface area contributed by atoms with Crippen LogP contribution in [0.5, 0.6) is 5.75 Å². The molecule has 0 saturated heterocycles. The molecule has 0 radical (unpaired) electrons. The van der Waals surface area contributed by atoms with Gasteiger partial charge in [-0.1, -0.05) is 18.2 Å². The lowest BCUT2D eigenvalue weighted by Crippen LogP contribution is -2.14. The van der Waals surface area contributed by atoms with Crippen LogP contribution in [0.15, 0.2) is 75.5 Å². The lowest BCUT2D eigenvalue weighted by molar-refractivity contribution is 0.414. The highest BCUT2D eigenvalue weighted by Gasteiger charge is 2.12. The predicted octanol–water partition coefficient (Wildman–Crippen LogP) is 2.84. The van der Waals surface area contributed by atoms with Crippen LogP contribution in [0, 0.1) is 0 Å². The average Bonchev–Trinajstić information content (AvgIpc) is 3.03. The van der Waals surface area contributed by atoms with Gasteiger partial charge in [-0.2, -0.15) is 8.42 Å². The first-order valence-electron chi connectivity index (χ1n) is 6.77. The van der Waals surface area contributed by atoms with E-state index >= 15 is 0 Å². The van der Waals surface area contributed by atoms with Gasteiger partial charge in [0.1, 0.15) is 5.75 Å². The van der Waals surface area contributed by atoms with E-state index in [1.165, 1.54) is 23.5 Å². The van der Waals surface area contributed by atoms with E-state index in [0.29, 0.717) is 4.80 Å². The zero-order chi connectivity index (χ0) is 16.3. The highest BCUT2D eigenvalue weighted by molar-refractivity contribution is 7.90. The Hall–Kier alpha value is -2.38. The topological polar surface area (TPSA) is 60.7 Å². The molecule has 0 fully saturated rings. The molecule has 0 spiro atoms. The third-order valence-electron chi connectivity index (χ3n) is 3.18. The third-order valence-corrected chi connectivity index (χ3v) is 5.33. The largest absolute Gasteiger partial charge is 0.497 e. The van der Waals surface area contributed by atoms with Crippen molar-refractivity contribution in [2.75, 3.05) is 7.11 Å². The lowest BCUT2D eigenvalue weighted by atomic mass is 10.3. The molecule has 0 N–H and O–H groups in total. The van der Waals surface area contributed by atoms with E-state index < -0.39 is 10.0 Å². The van der Waals surface area contributed by atoms with Gasteiger partial charge in [0.25, 0.3) is 10.0 Å². The Balaban J connectivity index is 2.07. The fourth-order valence-electron chi connectivity index (χ4n) is 2.03. The molecular weight excluding hydrogens is 332 g/mol. The summed E-state index contributed by atoms with van der Waals surface area (Å²) in [4.78, 5) is 0.564. The minimum atomic E-state index is -3.74. The molecule has 0 unspecified atom stereocenters. The number of aromatic nitrogens is 1. The summed E-state index contributed by atoms with van der Waals surface area (Å²) in [5, 5.41) is 1.80. The van der Waals surface area contributed by atoms with Gasteiger partial charge < -0.3 is 4.74 Å². The Labute approximate surface area is 138 Å². The number of nitrogens with zero attached hydrogens (tertiary/aromatic N) is 2. The summed E-state index contributed by atoms with van der Waals surface area (Å²) >= 11 is 1.26. The van der Waals surface area contributed by atoms with Gasteiger partial charge in [0.2, 0.25) is 4.80 Å². The molecule has 1 aromatic heterocycles. The van der Waals surface area contributed by atoms with Crippen molar-refractivity contribution >= 4 is 21.4 Å². The van der Waals surface area contributed by atoms with Gasteiger partial charge in [-0.25, -0.2) is 0 Å². The fraction of sp³-hybridized carbons (Fsp3) is 0.0625. The Morgan fingerprint density at radius 1 is 1.04 bits per heavy atom. The van der Waals surface area contributed by atoms with Crippen molar-refractivity contribution in [1.82, 2.24) is 4.57 Å². The molecule has 5 nitrogen and oxygen atoms in total. The summed E-state index contributed by atoms with van der Waals surface area (Å²) < 4.78 is 35.6. The van der Waals surface area contributed by atoms with E-state index in [4.69, 9.17) is 4.74 Å². The van der Waals surface area contributed by atoms with Crippen LogP contribution in [0.4, 0.5) is 0 Å². The highest BCUT2D eigenvalue weighted by atomic mass is 32.2. The number of hydrogen-bond donors (Lipinski definition) is 0. The van der Waals surface area contributed by atoms with Crippen molar-refractivity contribution in [3.05, 3.63) is 71.0 Å². The zero-order valence-corrected chi connectivity index (χ0v) is 13.9. The summed E-state index contributed by atoms with van der Waals surface area (Å²) in [6.45, 7) is 0. The number of hydrogen-bond acceptors (Lipinski definition) is 4. The molecule has 0 aliphatic heterocycles. The Kier molecular flexibility index (Phi) is 4.31. The number of benzene rings is 2. The summed E-state index contributed by atoms with van der Waals surface area (Å²) in [6, 6.07) is 15.5. The molecule has 23 heavy (non-hydrogen) atoms. The molecule has 1 heterocycles. The normalized spacial score (nSPS) is 12.3. The van der Waals surface area contributed by atoms with Gasteiger partial charge in [0.05, 0.1) is 12.0 Å². The first kappa shape index (κ1) is 15.5. The number of ether oxygens (including phenoxy) is 1. The Morgan fingerprint density at radius 2 is 1.74 bits per heavy atom. The third kappa shape index (κ3) is 3.35. The van der Waals surface area contributed by atoms with Crippen molar-refractivity contribution in [3.8, 4) is 11.4 Å². The monoisotopic (exact) mass is 346 g/mol. The SMILES string of the molecule is COc1ccc(-n2ccs/c2=N\S(=O)(=O)c2ccccc2)cc1. The van der Waals surface area contributed by atoms with E-state index in [9.17, 15) is 8.42 Å². The summed E-state index contributed by atoms with van der Waals surface area (Å²) in [5.41, 5.74) is 0.814. The number of thiazole rings is 1. The Bertz CT molecular complexity index is 956. The molecule has 0 saturated carbocycles. The predicted molar refractivity (Wildman–Crippen MR) is 89.4 cm³/mol. The van der Waals surface area contributed by atoms with Crippen molar-refractivity contribution in [2.24, 2.45) is 4.40 Å². The second kappa shape index (κ2) is 6.39. The van der Waals surface area contributed by atoms with E-state index in [2.05, 4.69) is 4.40 Å². The minimum absolute atomic E-state index is 0.176. The molecule has 118 valence electrons. The molecule has 3 aromatic rings. The van der Waals surface area contributed by atoms with Gasteiger partial charge in [0, 0.05) is 17.3 Å². The van der Waals surface area contributed by atoms with Gasteiger partial charge in [0.15, 0.2) is 0 Å². The molecule has 0 atom stereocenters. The molecule has 3 rings (SSSR count). The van der Waals surface area contributed by atoms with Crippen molar-refractivity contribution in [3.63, 3.8) is 0 Å².